The molecule has 27 heavy (non-hydrogen) atoms. The first kappa shape index (κ1) is 19.2. The number of amides is 2. The molecule has 1 heterocycles. The van der Waals surface area contributed by atoms with Gasteiger partial charge in [0.2, 0.25) is 11.8 Å². The predicted molar refractivity (Wildman–Crippen MR) is 106 cm³/mol. The van der Waals surface area contributed by atoms with E-state index in [-0.39, 0.29) is 18.2 Å². The molecule has 2 aromatic rings. The molecule has 3 rings (SSSR count). The summed E-state index contributed by atoms with van der Waals surface area (Å²) in [5, 5.41) is 3.49. The van der Waals surface area contributed by atoms with Gasteiger partial charge in [0, 0.05) is 17.3 Å². The molecule has 0 aromatic heterocycles. The van der Waals surface area contributed by atoms with E-state index < -0.39 is 6.04 Å². The van der Waals surface area contributed by atoms with E-state index in [9.17, 15) is 9.59 Å². The van der Waals surface area contributed by atoms with E-state index in [4.69, 9.17) is 16.3 Å². The van der Waals surface area contributed by atoms with Crippen molar-refractivity contribution in [2.45, 2.75) is 32.2 Å². The molecule has 5 nitrogen and oxygen atoms in total. The van der Waals surface area contributed by atoms with Crippen LogP contribution in [0.1, 0.15) is 25.3 Å². The van der Waals surface area contributed by atoms with Gasteiger partial charge in [-0.15, -0.1) is 0 Å². The van der Waals surface area contributed by atoms with Gasteiger partial charge in [0.15, 0.2) is 0 Å². The first-order valence-corrected chi connectivity index (χ1v) is 9.52. The van der Waals surface area contributed by atoms with Crippen molar-refractivity contribution >= 4 is 29.1 Å². The number of halogens is 1. The molecule has 0 saturated carbocycles. The van der Waals surface area contributed by atoms with Crippen molar-refractivity contribution in [3.8, 4) is 5.75 Å². The second-order valence-corrected chi connectivity index (χ2v) is 6.93. The second-order valence-electron chi connectivity index (χ2n) is 6.50. The number of ether oxygens (including phenoxy) is 1. The molecule has 1 fully saturated rings. The summed E-state index contributed by atoms with van der Waals surface area (Å²) in [5.74, 6) is 0.595. The van der Waals surface area contributed by atoms with Crippen LogP contribution >= 0.6 is 11.6 Å². The van der Waals surface area contributed by atoms with Gasteiger partial charge >= 0.3 is 0 Å². The standard InChI is InChI=1S/C21H23ClN2O3/c1-2-27-18-11-5-15(6-12-18)14-20(25)24-13-3-4-19(24)21(26)23-17-9-7-16(22)8-10-17/h5-12,19H,2-4,13-14H2,1H3,(H,23,26)/t19-/m0/s1. The highest BCUT2D eigenvalue weighted by molar-refractivity contribution is 6.30. The lowest BCUT2D eigenvalue weighted by Gasteiger charge is -2.24. The molecule has 1 aliphatic heterocycles. The van der Waals surface area contributed by atoms with E-state index in [1.807, 2.05) is 31.2 Å². The van der Waals surface area contributed by atoms with Gasteiger partial charge in [0.1, 0.15) is 11.8 Å². The van der Waals surface area contributed by atoms with Gasteiger partial charge in [-0.2, -0.15) is 0 Å². The maximum atomic E-state index is 12.7. The van der Waals surface area contributed by atoms with Crippen LogP contribution in [-0.2, 0) is 16.0 Å². The number of benzene rings is 2. The van der Waals surface area contributed by atoms with Crippen LogP contribution in [0.15, 0.2) is 48.5 Å². The number of anilines is 1. The Morgan fingerprint density at radius 2 is 1.85 bits per heavy atom. The first-order chi connectivity index (χ1) is 13.1. The van der Waals surface area contributed by atoms with Gasteiger partial charge in [0.05, 0.1) is 13.0 Å². The summed E-state index contributed by atoms with van der Waals surface area (Å²) in [6.45, 7) is 3.14. The maximum absolute atomic E-state index is 12.7. The fourth-order valence-corrected chi connectivity index (χ4v) is 3.37. The number of nitrogens with zero attached hydrogens (tertiary/aromatic N) is 1. The number of hydrogen-bond acceptors (Lipinski definition) is 3. The first-order valence-electron chi connectivity index (χ1n) is 9.14. The van der Waals surface area contributed by atoms with Crippen LogP contribution in [0, 0.1) is 0 Å². The zero-order valence-electron chi connectivity index (χ0n) is 15.3. The molecular formula is C21H23ClN2O3. The van der Waals surface area contributed by atoms with Gasteiger partial charge in [-0.25, -0.2) is 0 Å². The highest BCUT2D eigenvalue weighted by atomic mass is 35.5. The van der Waals surface area contributed by atoms with Crippen molar-refractivity contribution < 1.29 is 14.3 Å². The Balaban J connectivity index is 1.61. The minimum Gasteiger partial charge on any atom is -0.494 e. The van der Waals surface area contributed by atoms with Crippen LogP contribution in [-0.4, -0.2) is 35.9 Å². The molecule has 0 unspecified atom stereocenters. The summed E-state index contributed by atoms with van der Waals surface area (Å²) in [6, 6.07) is 14.0. The molecular weight excluding hydrogens is 364 g/mol. The average molecular weight is 387 g/mol. The number of carbonyl (C=O) groups excluding carboxylic acids is 2. The summed E-state index contributed by atoms with van der Waals surface area (Å²) in [4.78, 5) is 27.0. The largest absolute Gasteiger partial charge is 0.494 e. The van der Waals surface area contributed by atoms with E-state index in [0.29, 0.717) is 30.3 Å². The molecule has 1 saturated heterocycles. The van der Waals surface area contributed by atoms with Crippen LogP contribution in [0.5, 0.6) is 5.75 Å². The quantitative estimate of drug-likeness (QED) is 0.818. The summed E-state index contributed by atoms with van der Waals surface area (Å²) < 4.78 is 5.42. The Hall–Kier alpha value is -2.53. The number of hydrogen-bond donors (Lipinski definition) is 1. The number of nitrogens with one attached hydrogen (secondary N) is 1. The van der Waals surface area contributed by atoms with Gasteiger partial charge in [-0.1, -0.05) is 23.7 Å². The molecule has 142 valence electrons. The van der Waals surface area contributed by atoms with Crippen LogP contribution in [0.25, 0.3) is 0 Å². The fourth-order valence-electron chi connectivity index (χ4n) is 3.24. The predicted octanol–water partition coefficient (Wildman–Crippen LogP) is 3.91. The topological polar surface area (TPSA) is 58.6 Å². The van der Waals surface area contributed by atoms with Crippen molar-refractivity contribution in [1.82, 2.24) is 4.90 Å². The normalized spacial score (nSPS) is 16.2. The van der Waals surface area contributed by atoms with E-state index >= 15 is 0 Å². The van der Waals surface area contributed by atoms with Crippen LogP contribution in [0.3, 0.4) is 0 Å². The minimum absolute atomic E-state index is 0.0343. The summed E-state index contributed by atoms with van der Waals surface area (Å²) in [6.07, 6.45) is 1.78. The lowest BCUT2D eigenvalue weighted by atomic mass is 10.1. The zero-order chi connectivity index (χ0) is 19.2. The molecule has 1 atom stereocenters. The molecule has 0 radical (unpaired) electrons. The number of carbonyl (C=O) groups is 2. The highest BCUT2D eigenvalue weighted by Gasteiger charge is 2.33. The Morgan fingerprint density at radius 3 is 2.52 bits per heavy atom. The van der Waals surface area contributed by atoms with E-state index in [0.717, 1.165) is 17.7 Å². The van der Waals surface area contributed by atoms with E-state index in [1.54, 1.807) is 29.2 Å². The van der Waals surface area contributed by atoms with Crippen molar-refractivity contribution in [2.24, 2.45) is 0 Å². The number of rotatable bonds is 6. The molecule has 0 bridgehead atoms. The van der Waals surface area contributed by atoms with E-state index in [1.165, 1.54) is 0 Å². The SMILES string of the molecule is CCOc1ccc(CC(=O)N2CCC[C@H]2C(=O)Nc2ccc(Cl)cc2)cc1. The Morgan fingerprint density at radius 1 is 1.15 bits per heavy atom. The molecule has 0 aliphatic carbocycles. The molecule has 0 spiro atoms. The van der Waals surface area contributed by atoms with Gasteiger partial charge in [-0.3, -0.25) is 9.59 Å². The maximum Gasteiger partial charge on any atom is 0.247 e. The summed E-state index contributed by atoms with van der Waals surface area (Å²) in [5.41, 5.74) is 1.59. The Labute approximate surface area is 164 Å². The van der Waals surface area contributed by atoms with Crippen molar-refractivity contribution in [3.63, 3.8) is 0 Å². The highest BCUT2D eigenvalue weighted by Crippen LogP contribution is 2.22. The fraction of sp³-hybridized carbons (Fsp3) is 0.333. The van der Waals surface area contributed by atoms with Crippen LogP contribution in [0.2, 0.25) is 5.02 Å². The Bertz CT molecular complexity index is 790. The smallest absolute Gasteiger partial charge is 0.247 e. The van der Waals surface area contributed by atoms with Gasteiger partial charge < -0.3 is 15.0 Å². The third-order valence-corrected chi connectivity index (χ3v) is 4.83. The Kier molecular flexibility index (Phi) is 6.35. The minimum atomic E-state index is -0.434. The molecule has 6 heteroatoms. The molecule has 2 aromatic carbocycles. The van der Waals surface area contributed by atoms with Gasteiger partial charge in [-0.05, 0) is 61.7 Å². The monoisotopic (exact) mass is 386 g/mol. The van der Waals surface area contributed by atoms with Crippen molar-refractivity contribution in [3.05, 3.63) is 59.1 Å². The average Bonchev–Trinajstić information content (AvgIpc) is 3.15. The third-order valence-electron chi connectivity index (χ3n) is 4.58. The van der Waals surface area contributed by atoms with Crippen molar-refractivity contribution in [2.75, 3.05) is 18.5 Å². The lowest BCUT2D eigenvalue weighted by molar-refractivity contribution is -0.136. The molecule has 2 amide bonds. The number of likely N-dealkylation sites (tertiary alicyclic amines) is 1. The molecule has 1 aliphatic rings. The zero-order valence-corrected chi connectivity index (χ0v) is 16.0. The van der Waals surface area contributed by atoms with E-state index in [2.05, 4.69) is 5.32 Å². The van der Waals surface area contributed by atoms with Crippen LogP contribution in [0.4, 0.5) is 5.69 Å². The summed E-state index contributed by atoms with van der Waals surface area (Å²) >= 11 is 5.87. The summed E-state index contributed by atoms with van der Waals surface area (Å²) in [7, 11) is 0. The second kappa shape index (κ2) is 8.91. The lowest BCUT2D eigenvalue weighted by Crippen LogP contribution is -2.43. The van der Waals surface area contributed by atoms with Crippen molar-refractivity contribution in [1.29, 1.82) is 0 Å². The van der Waals surface area contributed by atoms with Gasteiger partial charge in [0.25, 0.3) is 0 Å². The van der Waals surface area contributed by atoms with Crippen LogP contribution < -0.4 is 10.1 Å². The molecule has 1 N–H and O–H groups in total. The third kappa shape index (κ3) is 5.01.